The average Bonchev–Trinajstić information content (AvgIpc) is 2.22. The predicted molar refractivity (Wildman–Crippen MR) is 75.1 cm³/mol. The van der Waals surface area contributed by atoms with Crippen molar-refractivity contribution in [3.05, 3.63) is 23.9 Å². The summed E-state index contributed by atoms with van der Waals surface area (Å²) in [5.41, 5.74) is 0.0742. The smallest absolute Gasteiger partial charge is 0.234 e. The van der Waals surface area contributed by atoms with Gasteiger partial charge in [-0.1, -0.05) is 32.8 Å². The van der Waals surface area contributed by atoms with Crippen LogP contribution in [-0.4, -0.2) is 30.9 Å². The van der Waals surface area contributed by atoms with Crippen LogP contribution in [0.15, 0.2) is 18.2 Å². The van der Waals surface area contributed by atoms with Crippen molar-refractivity contribution in [3.8, 4) is 11.8 Å². The van der Waals surface area contributed by atoms with Gasteiger partial charge >= 0.3 is 0 Å². The maximum atomic E-state index is 11.9. The molecule has 0 unspecified atom stereocenters. The third-order valence-corrected chi connectivity index (χ3v) is 3.69. The summed E-state index contributed by atoms with van der Waals surface area (Å²) in [5, 5.41) is 8.60. The van der Waals surface area contributed by atoms with Crippen LogP contribution in [0.25, 0.3) is 0 Å². The molecule has 1 aromatic rings. The SMILES string of the molecule is CC(C)(C)CS(=O)(=O)Nc1cccc(C#CCO)n1. The summed E-state index contributed by atoms with van der Waals surface area (Å²) in [5.74, 6) is 5.32. The Hall–Kier alpha value is -1.58. The lowest BCUT2D eigenvalue weighted by Gasteiger charge is -2.18. The van der Waals surface area contributed by atoms with E-state index in [0.29, 0.717) is 5.69 Å². The zero-order valence-electron chi connectivity index (χ0n) is 11.3. The fourth-order valence-corrected chi connectivity index (χ4v) is 3.10. The number of aliphatic hydroxyl groups is 1. The molecule has 0 aliphatic carbocycles. The molecule has 1 aromatic heterocycles. The third kappa shape index (κ3) is 6.22. The molecule has 0 radical (unpaired) electrons. The molecule has 0 amide bonds. The van der Waals surface area contributed by atoms with E-state index in [1.165, 1.54) is 0 Å². The minimum absolute atomic E-state index is 0.00816. The van der Waals surface area contributed by atoms with Crippen LogP contribution in [0.3, 0.4) is 0 Å². The van der Waals surface area contributed by atoms with Gasteiger partial charge in [-0.05, 0) is 23.5 Å². The van der Waals surface area contributed by atoms with E-state index in [2.05, 4.69) is 21.5 Å². The van der Waals surface area contributed by atoms with E-state index >= 15 is 0 Å². The Bertz CT molecular complexity index is 592. The second-order valence-corrected chi connectivity index (χ2v) is 7.01. The van der Waals surface area contributed by atoms with Crippen LogP contribution in [0.4, 0.5) is 5.82 Å². The molecule has 104 valence electrons. The summed E-state index contributed by atoms with van der Waals surface area (Å²) in [6.07, 6.45) is 0. The zero-order chi connectivity index (χ0) is 14.5. The van der Waals surface area contributed by atoms with Crippen LogP contribution in [0.5, 0.6) is 0 Å². The summed E-state index contributed by atoms with van der Waals surface area (Å²) < 4.78 is 26.3. The van der Waals surface area contributed by atoms with Crippen molar-refractivity contribution < 1.29 is 13.5 Å². The van der Waals surface area contributed by atoms with Gasteiger partial charge in [-0.25, -0.2) is 13.4 Å². The van der Waals surface area contributed by atoms with Crippen molar-refractivity contribution in [1.29, 1.82) is 0 Å². The van der Waals surface area contributed by atoms with Gasteiger partial charge in [0, 0.05) is 0 Å². The van der Waals surface area contributed by atoms with Gasteiger partial charge in [0.15, 0.2) is 0 Å². The largest absolute Gasteiger partial charge is 0.384 e. The Labute approximate surface area is 114 Å². The lowest BCUT2D eigenvalue weighted by atomic mass is 10.0. The molecule has 0 saturated carbocycles. The summed E-state index contributed by atoms with van der Waals surface area (Å²) in [7, 11) is -3.44. The van der Waals surface area contributed by atoms with Gasteiger partial charge in [0.25, 0.3) is 0 Å². The van der Waals surface area contributed by atoms with E-state index in [-0.39, 0.29) is 23.6 Å². The van der Waals surface area contributed by atoms with Crippen molar-refractivity contribution >= 4 is 15.8 Å². The molecule has 0 spiro atoms. The molecule has 0 aliphatic heterocycles. The van der Waals surface area contributed by atoms with Crippen molar-refractivity contribution in [2.45, 2.75) is 20.8 Å². The fourth-order valence-electron chi connectivity index (χ4n) is 1.46. The number of hydrogen-bond donors (Lipinski definition) is 2. The van der Waals surface area contributed by atoms with E-state index in [4.69, 9.17) is 5.11 Å². The first-order chi connectivity index (χ1) is 8.72. The maximum absolute atomic E-state index is 11.9. The molecule has 0 aromatic carbocycles. The molecule has 1 rings (SSSR count). The minimum atomic E-state index is -3.44. The number of hydrogen-bond acceptors (Lipinski definition) is 4. The number of pyridine rings is 1. The molecule has 0 fully saturated rings. The van der Waals surface area contributed by atoms with Gasteiger partial charge in [-0.2, -0.15) is 0 Å². The van der Waals surface area contributed by atoms with Gasteiger partial charge in [-0.3, -0.25) is 4.72 Å². The molecule has 0 aliphatic rings. The highest BCUT2D eigenvalue weighted by molar-refractivity contribution is 7.92. The Morgan fingerprint density at radius 1 is 1.37 bits per heavy atom. The van der Waals surface area contributed by atoms with E-state index in [9.17, 15) is 8.42 Å². The monoisotopic (exact) mass is 282 g/mol. The van der Waals surface area contributed by atoms with Gasteiger partial charge < -0.3 is 5.11 Å². The first-order valence-corrected chi connectivity index (χ1v) is 7.44. The number of nitrogens with one attached hydrogen (secondary N) is 1. The Kier molecular flexibility index (Phi) is 4.92. The highest BCUT2D eigenvalue weighted by Gasteiger charge is 2.21. The van der Waals surface area contributed by atoms with Crippen LogP contribution in [0, 0.1) is 17.3 Å². The fraction of sp³-hybridized carbons (Fsp3) is 0.462. The number of sulfonamides is 1. The Morgan fingerprint density at radius 2 is 2.05 bits per heavy atom. The molecule has 1 heterocycles. The van der Waals surface area contributed by atoms with Crippen LogP contribution in [0.2, 0.25) is 0 Å². The molecular weight excluding hydrogens is 264 g/mol. The quantitative estimate of drug-likeness (QED) is 0.817. The van der Waals surface area contributed by atoms with Gasteiger partial charge in [0.1, 0.15) is 18.1 Å². The van der Waals surface area contributed by atoms with Crippen LogP contribution in [0.1, 0.15) is 26.5 Å². The number of anilines is 1. The van der Waals surface area contributed by atoms with E-state index in [0.717, 1.165) is 0 Å². The van der Waals surface area contributed by atoms with Crippen molar-refractivity contribution in [3.63, 3.8) is 0 Å². The number of rotatable bonds is 3. The second kappa shape index (κ2) is 6.04. The van der Waals surface area contributed by atoms with Crippen LogP contribution in [-0.2, 0) is 10.0 Å². The first kappa shape index (κ1) is 15.5. The zero-order valence-corrected chi connectivity index (χ0v) is 12.1. The normalized spacial score (nSPS) is 11.6. The van der Waals surface area contributed by atoms with Gasteiger partial charge in [0.05, 0.1) is 5.75 Å². The highest BCUT2D eigenvalue weighted by Crippen LogP contribution is 2.17. The van der Waals surface area contributed by atoms with E-state index in [1.807, 2.05) is 20.8 Å². The van der Waals surface area contributed by atoms with E-state index in [1.54, 1.807) is 18.2 Å². The summed E-state index contributed by atoms with van der Waals surface area (Å²) in [6, 6.07) is 4.86. The maximum Gasteiger partial charge on any atom is 0.234 e. The van der Waals surface area contributed by atoms with Gasteiger partial charge in [-0.15, -0.1) is 0 Å². The summed E-state index contributed by atoms with van der Waals surface area (Å²) >= 11 is 0. The predicted octanol–water partition coefficient (Wildman–Crippen LogP) is 1.21. The van der Waals surface area contributed by atoms with Crippen molar-refractivity contribution in [2.24, 2.45) is 5.41 Å². The summed E-state index contributed by atoms with van der Waals surface area (Å²) in [4.78, 5) is 4.05. The lowest BCUT2D eigenvalue weighted by molar-refractivity contribution is 0.350. The molecule has 0 bridgehead atoms. The Morgan fingerprint density at radius 3 is 2.63 bits per heavy atom. The lowest BCUT2D eigenvalue weighted by Crippen LogP contribution is -2.26. The average molecular weight is 282 g/mol. The molecule has 2 N–H and O–H groups in total. The second-order valence-electron chi connectivity index (χ2n) is 5.29. The van der Waals surface area contributed by atoms with E-state index < -0.39 is 10.0 Å². The van der Waals surface area contributed by atoms with Crippen LogP contribution >= 0.6 is 0 Å². The van der Waals surface area contributed by atoms with Crippen LogP contribution < -0.4 is 4.72 Å². The number of aromatic nitrogens is 1. The number of aliphatic hydroxyl groups excluding tert-OH is 1. The summed E-state index contributed by atoms with van der Waals surface area (Å²) in [6.45, 7) is 5.29. The van der Waals surface area contributed by atoms with Gasteiger partial charge in [0.2, 0.25) is 10.0 Å². The topological polar surface area (TPSA) is 79.3 Å². The standard InChI is InChI=1S/C13H18N2O3S/c1-13(2,3)10-19(17,18)15-12-8-4-6-11(14-12)7-5-9-16/h4,6,8,16H,9-10H2,1-3H3,(H,14,15). The number of nitrogens with zero attached hydrogens (tertiary/aromatic N) is 1. The van der Waals surface area contributed by atoms with Crippen molar-refractivity contribution in [2.75, 3.05) is 17.1 Å². The molecule has 0 saturated heterocycles. The minimum Gasteiger partial charge on any atom is -0.384 e. The third-order valence-electron chi connectivity index (χ3n) is 1.93. The highest BCUT2D eigenvalue weighted by atomic mass is 32.2. The molecule has 6 heteroatoms. The Balaban J connectivity index is 2.88. The molecular formula is C13H18N2O3S. The molecule has 5 nitrogen and oxygen atoms in total. The van der Waals surface area contributed by atoms with Crippen molar-refractivity contribution in [1.82, 2.24) is 4.98 Å². The molecule has 0 atom stereocenters. The first-order valence-electron chi connectivity index (χ1n) is 5.79. The molecule has 19 heavy (non-hydrogen) atoms.